The fraction of sp³-hybridized carbons (Fsp3) is 0.533. The number of ether oxygens (including phenoxy) is 1. The summed E-state index contributed by atoms with van der Waals surface area (Å²) < 4.78 is 19.0. The van der Waals surface area contributed by atoms with Gasteiger partial charge in [-0.05, 0) is 38.1 Å². The Morgan fingerprint density at radius 2 is 2.16 bits per heavy atom. The molecule has 0 amide bonds. The Bertz CT molecular complexity index is 493. The van der Waals surface area contributed by atoms with E-state index in [1.807, 2.05) is 13.8 Å². The average molecular weight is 262 g/mol. The van der Waals surface area contributed by atoms with Gasteiger partial charge in [0, 0.05) is 11.6 Å². The molecule has 0 bridgehead atoms. The molecule has 0 fully saturated rings. The predicted molar refractivity (Wildman–Crippen MR) is 71.3 cm³/mol. The van der Waals surface area contributed by atoms with E-state index in [2.05, 4.69) is 11.0 Å². The van der Waals surface area contributed by atoms with Crippen molar-refractivity contribution in [1.29, 1.82) is 5.26 Å². The largest absolute Gasteiger partial charge is 0.493 e. The minimum absolute atomic E-state index is 0.327. The van der Waals surface area contributed by atoms with Gasteiger partial charge in [-0.3, -0.25) is 4.90 Å². The molecule has 1 heterocycles. The van der Waals surface area contributed by atoms with Crippen LogP contribution in [-0.2, 0) is 5.54 Å². The van der Waals surface area contributed by atoms with Crippen molar-refractivity contribution in [3.63, 3.8) is 0 Å². The summed E-state index contributed by atoms with van der Waals surface area (Å²) in [6.45, 7) is 6.16. The van der Waals surface area contributed by atoms with Gasteiger partial charge in [0.25, 0.3) is 0 Å². The lowest BCUT2D eigenvalue weighted by Gasteiger charge is -2.37. The highest BCUT2D eigenvalue weighted by molar-refractivity contribution is 5.44. The summed E-state index contributed by atoms with van der Waals surface area (Å²) in [6, 6.07) is 6.94. The smallest absolute Gasteiger partial charge is 0.138 e. The number of nitrogens with zero attached hydrogens (tertiary/aromatic N) is 2. The molecule has 0 N–H and O–H groups in total. The number of nitriles is 1. The van der Waals surface area contributed by atoms with Crippen LogP contribution in [0.25, 0.3) is 0 Å². The first kappa shape index (κ1) is 13.8. The molecule has 102 valence electrons. The molecule has 0 saturated carbocycles. The van der Waals surface area contributed by atoms with Crippen LogP contribution >= 0.6 is 0 Å². The lowest BCUT2D eigenvalue weighted by atomic mass is 9.84. The van der Waals surface area contributed by atoms with Crippen molar-refractivity contribution in [2.24, 2.45) is 0 Å². The molecule has 1 unspecified atom stereocenters. The van der Waals surface area contributed by atoms with Crippen molar-refractivity contribution < 1.29 is 9.13 Å². The third-order valence-electron chi connectivity index (χ3n) is 3.82. The van der Waals surface area contributed by atoms with E-state index in [1.165, 1.54) is 12.1 Å². The van der Waals surface area contributed by atoms with Gasteiger partial charge in [-0.2, -0.15) is 5.26 Å². The molecule has 1 aromatic rings. The van der Waals surface area contributed by atoms with Crippen molar-refractivity contribution in [1.82, 2.24) is 4.90 Å². The minimum Gasteiger partial charge on any atom is -0.493 e. The molecule has 1 aliphatic heterocycles. The Balaban J connectivity index is 2.59. The Morgan fingerprint density at radius 3 is 2.79 bits per heavy atom. The number of rotatable bonds is 3. The lowest BCUT2D eigenvalue weighted by Crippen LogP contribution is -2.44. The maximum atomic E-state index is 13.4. The van der Waals surface area contributed by atoms with Gasteiger partial charge < -0.3 is 4.74 Å². The van der Waals surface area contributed by atoms with E-state index in [0.29, 0.717) is 18.8 Å². The highest BCUT2D eigenvalue weighted by Crippen LogP contribution is 2.40. The third-order valence-corrected chi connectivity index (χ3v) is 3.82. The van der Waals surface area contributed by atoms with Crippen LogP contribution in [0.3, 0.4) is 0 Å². The van der Waals surface area contributed by atoms with Gasteiger partial charge in [0.15, 0.2) is 0 Å². The van der Waals surface area contributed by atoms with E-state index in [0.717, 1.165) is 25.1 Å². The van der Waals surface area contributed by atoms with Crippen LogP contribution < -0.4 is 4.74 Å². The van der Waals surface area contributed by atoms with Crippen molar-refractivity contribution in [3.8, 4) is 11.8 Å². The van der Waals surface area contributed by atoms with E-state index in [1.54, 1.807) is 6.07 Å². The molecule has 0 spiro atoms. The minimum atomic E-state index is -0.705. The van der Waals surface area contributed by atoms with Gasteiger partial charge in [0.1, 0.15) is 17.1 Å². The summed E-state index contributed by atoms with van der Waals surface area (Å²) in [6.07, 6.45) is 1.50. The second-order valence-corrected chi connectivity index (χ2v) is 4.74. The molecule has 0 saturated heterocycles. The van der Waals surface area contributed by atoms with Crippen molar-refractivity contribution in [2.75, 3.05) is 19.7 Å². The Hall–Kier alpha value is -1.60. The lowest BCUT2D eigenvalue weighted by molar-refractivity contribution is 0.142. The third kappa shape index (κ3) is 2.31. The zero-order chi connectivity index (χ0) is 13.9. The molecule has 3 nitrogen and oxygen atoms in total. The molecule has 19 heavy (non-hydrogen) atoms. The van der Waals surface area contributed by atoms with Crippen LogP contribution in [0.4, 0.5) is 4.39 Å². The number of halogens is 1. The number of benzene rings is 1. The van der Waals surface area contributed by atoms with E-state index in [-0.39, 0.29) is 5.82 Å². The maximum absolute atomic E-state index is 13.4. The van der Waals surface area contributed by atoms with E-state index < -0.39 is 5.54 Å². The SMILES string of the molecule is CCN(CC)C1(C#N)CCCOc2cc(F)ccc21. The van der Waals surface area contributed by atoms with Crippen LogP contribution in [0, 0.1) is 17.1 Å². The van der Waals surface area contributed by atoms with E-state index in [9.17, 15) is 9.65 Å². The van der Waals surface area contributed by atoms with Crippen molar-refractivity contribution >= 4 is 0 Å². The maximum Gasteiger partial charge on any atom is 0.138 e. The second-order valence-electron chi connectivity index (χ2n) is 4.74. The predicted octanol–water partition coefficient (Wildman–Crippen LogP) is 3.06. The number of fused-ring (bicyclic) bond motifs is 1. The molecule has 0 aromatic heterocycles. The highest BCUT2D eigenvalue weighted by atomic mass is 19.1. The number of hydrogen-bond acceptors (Lipinski definition) is 3. The molecule has 4 heteroatoms. The van der Waals surface area contributed by atoms with Crippen LogP contribution in [0.1, 0.15) is 32.3 Å². The summed E-state index contributed by atoms with van der Waals surface area (Å²) in [7, 11) is 0. The summed E-state index contributed by atoms with van der Waals surface area (Å²) in [5.41, 5.74) is 0.0841. The van der Waals surface area contributed by atoms with Crippen LogP contribution in [0.2, 0.25) is 0 Å². The van der Waals surface area contributed by atoms with Crippen molar-refractivity contribution in [2.45, 2.75) is 32.2 Å². The molecule has 2 rings (SSSR count). The topological polar surface area (TPSA) is 36.3 Å². The standard InChI is InChI=1S/C15H19FN2O/c1-3-18(4-2)15(11-17)8-5-9-19-14-10-12(16)6-7-13(14)15/h6-7,10H,3-5,8-9H2,1-2H3. The zero-order valence-corrected chi connectivity index (χ0v) is 11.4. The highest BCUT2D eigenvalue weighted by Gasteiger charge is 2.40. The summed E-state index contributed by atoms with van der Waals surface area (Å²) in [5.74, 6) is 0.179. The first-order chi connectivity index (χ1) is 9.17. The Morgan fingerprint density at radius 1 is 1.42 bits per heavy atom. The van der Waals surface area contributed by atoms with E-state index >= 15 is 0 Å². The van der Waals surface area contributed by atoms with Gasteiger partial charge in [-0.25, -0.2) is 4.39 Å². The molecule has 1 aliphatic rings. The zero-order valence-electron chi connectivity index (χ0n) is 11.4. The van der Waals surface area contributed by atoms with Gasteiger partial charge in [0.2, 0.25) is 0 Å². The fourth-order valence-electron chi connectivity index (χ4n) is 2.88. The molecular weight excluding hydrogens is 243 g/mol. The van der Waals surface area contributed by atoms with Gasteiger partial charge in [0.05, 0.1) is 12.7 Å². The summed E-state index contributed by atoms with van der Waals surface area (Å²) in [5, 5.41) is 9.77. The molecule has 1 aromatic carbocycles. The van der Waals surface area contributed by atoms with Gasteiger partial charge in [-0.1, -0.05) is 13.8 Å². The molecule has 0 radical (unpaired) electrons. The van der Waals surface area contributed by atoms with Crippen molar-refractivity contribution in [3.05, 3.63) is 29.6 Å². The fourth-order valence-corrected chi connectivity index (χ4v) is 2.88. The quantitative estimate of drug-likeness (QED) is 0.840. The van der Waals surface area contributed by atoms with Gasteiger partial charge >= 0.3 is 0 Å². The molecule has 0 aliphatic carbocycles. The molecular formula is C15H19FN2O. The number of hydrogen-bond donors (Lipinski definition) is 0. The summed E-state index contributed by atoms with van der Waals surface area (Å²) >= 11 is 0. The Labute approximate surface area is 113 Å². The van der Waals surface area contributed by atoms with E-state index in [4.69, 9.17) is 4.74 Å². The van der Waals surface area contributed by atoms with Crippen LogP contribution in [0.5, 0.6) is 5.75 Å². The molecule has 1 atom stereocenters. The first-order valence-corrected chi connectivity index (χ1v) is 6.77. The first-order valence-electron chi connectivity index (χ1n) is 6.77. The second kappa shape index (κ2) is 5.58. The monoisotopic (exact) mass is 262 g/mol. The summed E-state index contributed by atoms with van der Waals surface area (Å²) in [4.78, 5) is 2.12. The van der Waals surface area contributed by atoms with Gasteiger partial charge in [-0.15, -0.1) is 0 Å². The Kier molecular flexibility index (Phi) is 4.06. The average Bonchev–Trinajstić information content (AvgIpc) is 2.60. The normalized spacial score (nSPS) is 22.3. The van der Waals surface area contributed by atoms with Crippen LogP contribution in [0.15, 0.2) is 18.2 Å². The van der Waals surface area contributed by atoms with Crippen LogP contribution in [-0.4, -0.2) is 24.6 Å².